The highest BCUT2D eigenvalue weighted by atomic mass is 19.4. The van der Waals surface area contributed by atoms with Crippen LogP contribution in [0.1, 0.15) is 122 Å². The molecule has 0 saturated carbocycles. The van der Waals surface area contributed by atoms with Gasteiger partial charge in [-0.1, -0.05) is 116 Å². The minimum absolute atomic E-state index is 0.0675. The highest BCUT2D eigenvalue weighted by Gasteiger charge is 2.30. The van der Waals surface area contributed by atoms with Crippen molar-refractivity contribution in [3.63, 3.8) is 0 Å². The maximum Gasteiger partial charge on any atom is 0.416 e. The van der Waals surface area contributed by atoms with Crippen molar-refractivity contribution in [1.29, 1.82) is 0 Å². The Morgan fingerprint density at radius 2 is 1.23 bits per heavy atom. The average molecular weight is 603 g/mol. The average Bonchev–Trinajstić information content (AvgIpc) is 2.98. The summed E-state index contributed by atoms with van der Waals surface area (Å²) >= 11 is 0. The van der Waals surface area contributed by atoms with E-state index >= 15 is 0 Å². The van der Waals surface area contributed by atoms with Gasteiger partial charge < -0.3 is 13.9 Å². The maximum atomic E-state index is 13.3. The van der Waals surface area contributed by atoms with Gasteiger partial charge in [-0.05, 0) is 25.0 Å². The van der Waals surface area contributed by atoms with E-state index in [4.69, 9.17) is 13.9 Å². The molecule has 7 heteroatoms. The highest BCUT2D eigenvalue weighted by molar-refractivity contribution is 5.86. The Kier molecular flexibility index (Phi) is 15.0. The Bertz CT molecular complexity index is 1280. The lowest BCUT2D eigenvalue weighted by atomic mass is 10.1. The first-order chi connectivity index (χ1) is 20.8. The quantitative estimate of drug-likeness (QED) is 0.114. The molecule has 1 aromatic heterocycles. The molecule has 0 atom stereocenters. The standard InChI is InChI=1S/C36H49F3O4/c1-3-5-7-9-11-13-15-17-22-41-30-25-33(42-23-18-16-14-12-10-8-6-4-2)35-31(40)27-32(43-34(35)26-30)28-20-19-21-29(24-28)36(37,38)39/h19-21,24-27H,3-18,22-23H2,1-2H3. The molecule has 0 aliphatic rings. The van der Waals surface area contributed by atoms with Crippen LogP contribution in [0.25, 0.3) is 22.3 Å². The lowest BCUT2D eigenvalue weighted by Crippen LogP contribution is -2.07. The number of unbranched alkanes of at least 4 members (excludes halogenated alkanes) is 14. The van der Waals surface area contributed by atoms with Crippen LogP contribution in [0.3, 0.4) is 0 Å². The molecule has 4 nitrogen and oxygen atoms in total. The Morgan fingerprint density at radius 3 is 1.81 bits per heavy atom. The first kappa shape index (κ1) is 34.5. The minimum atomic E-state index is -4.50. The van der Waals surface area contributed by atoms with E-state index in [1.165, 1.54) is 88.8 Å². The van der Waals surface area contributed by atoms with E-state index in [0.717, 1.165) is 44.2 Å². The molecule has 3 aromatic rings. The third-order valence-corrected chi connectivity index (χ3v) is 7.76. The van der Waals surface area contributed by atoms with Gasteiger partial charge >= 0.3 is 6.18 Å². The second-order valence-corrected chi connectivity index (χ2v) is 11.5. The van der Waals surface area contributed by atoms with E-state index in [0.29, 0.717) is 24.7 Å². The second-order valence-electron chi connectivity index (χ2n) is 11.5. The molecule has 0 bridgehead atoms. The molecule has 1 heterocycles. The van der Waals surface area contributed by atoms with Gasteiger partial charge in [0.15, 0.2) is 5.43 Å². The molecule has 0 saturated heterocycles. The topological polar surface area (TPSA) is 48.7 Å². The lowest BCUT2D eigenvalue weighted by Gasteiger charge is -2.13. The van der Waals surface area contributed by atoms with E-state index in [-0.39, 0.29) is 27.7 Å². The molecule has 238 valence electrons. The normalized spacial score (nSPS) is 11.7. The van der Waals surface area contributed by atoms with Gasteiger partial charge in [-0.3, -0.25) is 4.79 Å². The van der Waals surface area contributed by atoms with Gasteiger partial charge in [0.1, 0.15) is 28.2 Å². The van der Waals surface area contributed by atoms with E-state index in [1.807, 2.05) is 0 Å². The summed E-state index contributed by atoms with van der Waals surface area (Å²) in [6.07, 6.45) is 14.3. The molecule has 0 fully saturated rings. The molecule has 0 radical (unpaired) electrons. The Labute approximate surface area is 255 Å². The van der Waals surface area contributed by atoms with Gasteiger partial charge in [0, 0.05) is 23.8 Å². The van der Waals surface area contributed by atoms with E-state index in [2.05, 4.69) is 13.8 Å². The van der Waals surface area contributed by atoms with Gasteiger partial charge in [0.2, 0.25) is 0 Å². The van der Waals surface area contributed by atoms with Crippen LogP contribution in [0.2, 0.25) is 0 Å². The number of alkyl halides is 3. The monoisotopic (exact) mass is 602 g/mol. The number of hydrogen-bond acceptors (Lipinski definition) is 4. The SMILES string of the molecule is CCCCCCCCCCOc1cc(OCCCCCCCCCC)c2c(=O)cc(-c3cccc(C(F)(F)F)c3)oc2c1. The predicted molar refractivity (Wildman–Crippen MR) is 169 cm³/mol. The molecular formula is C36H49F3O4. The van der Waals surface area contributed by atoms with Crippen molar-refractivity contribution in [2.75, 3.05) is 13.2 Å². The fraction of sp³-hybridized carbons (Fsp3) is 0.583. The van der Waals surface area contributed by atoms with Crippen LogP contribution in [-0.4, -0.2) is 13.2 Å². The summed E-state index contributed by atoms with van der Waals surface area (Å²) in [4.78, 5) is 13.3. The highest BCUT2D eigenvalue weighted by Crippen LogP contribution is 2.35. The van der Waals surface area contributed by atoms with Gasteiger partial charge in [-0.15, -0.1) is 0 Å². The summed E-state index contributed by atoms with van der Waals surface area (Å²) in [6.45, 7) is 5.41. The van der Waals surface area contributed by atoms with Crippen LogP contribution >= 0.6 is 0 Å². The van der Waals surface area contributed by atoms with Crippen molar-refractivity contribution in [3.8, 4) is 22.8 Å². The van der Waals surface area contributed by atoms with Gasteiger partial charge in [-0.2, -0.15) is 13.2 Å². The molecule has 0 spiro atoms. The van der Waals surface area contributed by atoms with Crippen LogP contribution in [0.15, 0.2) is 51.7 Å². The van der Waals surface area contributed by atoms with Crippen LogP contribution in [0.4, 0.5) is 13.2 Å². The van der Waals surface area contributed by atoms with E-state index in [9.17, 15) is 18.0 Å². The Balaban J connectivity index is 1.72. The van der Waals surface area contributed by atoms with E-state index < -0.39 is 11.7 Å². The molecule has 0 amide bonds. The number of benzene rings is 2. The van der Waals surface area contributed by atoms with Gasteiger partial charge in [-0.25, -0.2) is 0 Å². The lowest BCUT2D eigenvalue weighted by molar-refractivity contribution is -0.137. The predicted octanol–water partition coefficient (Wildman–Crippen LogP) is 11.5. The first-order valence-electron chi connectivity index (χ1n) is 16.4. The maximum absolute atomic E-state index is 13.3. The zero-order chi connectivity index (χ0) is 30.9. The fourth-order valence-electron chi connectivity index (χ4n) is 5.26. The number of hydrogen-bond donors (Lipinski definition) is 0. The summed E-state index contributed by atoms with van der Waals surface area (Å²) in [5.41, 5.74) is -0.751. The molecular weight excluding hydrogens is 553 g/mol. The molecule has 43 heavy (non-hydrogen) atoms. The van der Waals surface area contributed by atoms with Crippen LogP contribution < -0.4 is 14.9 Å². The van der Waals surface area contributed by atoms with Gasteiger partial charge in [0.05, 0.1) is 18.8 Å². The second kappa shape index (κ2) is 18.6. The van der Waals surface area contributed by atoms with E-state index in [1.54, 1.807) is 12.1 Å². The minimum Gasteiger partial charge on any atom is -0.493 e. The smallest absolute Gasteiger partial charge is 0.416 e. The zero-order valence-electron chi connectivity index (χ0n) is 26.0. The number of ether oxygens (including phenoxy) is 2. The molecule has 3 rings (SSSR count). The molecule has 0 N–H and O–H groups in total. The summed E-state index contributed by atoms with van der Waals surface area (Å²) < 4.78 is 58.2. The van der Waals surface area contributed by atoms with Crippen molar-refractivity contribution in [2.45, 2.75) is 123 Å². The first-order valence-corrected chi connectivity index (χ1v) is 16.4. The number of fused-ring (bicyclic) bond motifs is 1. The molecule has 0 aliphatic carbocycles. The third-order valence-electron chi connectivity index (χ3n) is 7.76. The summed E-state index contributed by atoms with van der Waals surface area (Å²) in [6, 6.07) is 9.41. The Morgan fingerprint density at radius 1 is 0.674 bits per heavy atom. The van der Waals surface area contributed by atoms with Crippen molar-refractivity contribution >= 4 is 11.0 Å². The molecule has 0 unspecified atom stereocenters. The molecule has 0 aliphatic heterocycles. The van der Waals surface area contributed by atoms with Crippen molar-refractivity contribution in [1.82, 2.24) is 0 Å². The van der Waals surface area contributed by atoms with Crippen LogP contribution in [0, 0.1) is 0 Å². The number of rotatable bonds is 21. The summed E-state index contributed by atoms with van der Waals surface area (Å²) in [5, 5.41) is 0.273. The van der Waals surface area contributed by atoms with Crippen LogP contribution in [-0.2, 0) is 6.18 Å². The Hall–Kier alpha value is -2.96. The van der Waals surface area contributed by atoms with Crippen molar-refractivity contribution < 1.29 is 27.1 Å². The third kappa shape index (κ3) is 11.9. The van der Waals surface area contributed by atoms with Crippen LogP contribution in [0.5, 0.6) is 11.5 Å². The van der Waals surface area contributed by atoms with Gasteiger partial charge in [0.25, 0.3) is 0 Å². The largest absolute Gasteiger partial charge is 0.493 e. The summed E-state index contributed by atoms with van der Waals surface area (Å²) in [5.74, 6) is 0.972. The fourth-order valence-corrected chi connectivity index (χ4v) is 5.26. The molecule has 2 aromatic carbocycles. The van der Waals surface area contributed by atoms with Crippen molar-refractivity contribution in [2.24, 2.45) is 0 Å². The zero-order valence-corrected chi connectivity index (χ0v) is 26.0. The summed E-state index contributed by atoms with van der Waals surface area (Å²) in [7, 11) is 0. The van der Waals surface area contributed by atoms with Crippen molar-refractivity contribution in [3.05, 3.63) is 58.3 Å². The number of halogens is 3.